The van der Waals surface area contributed by atoms with Crippen LogP contribution in [0.3, 0.4) is 0 Å². The molecule has 0 radical (unpaired) electrons. The molecule has 0 spiro atoms. The summed E-state index contributed by atoms with van der Waals surface area (Å²) in [6.07, 6.45) is 3.23. The number of nitrogens with zero attached hydrogens (tertiary/aromatic N) is 1. The highest BCUT2D eigenvalue weighted by Crippen LogP contribution is 2.21. The molecule has 1 aliphatic rings. The van der Waals surface area contributed by atoms with Crippen LogP contribution < -0.4 is 10.1 Å². The Balaban J connectivity index is 1.79. The van der Waals surface area contributed by atoms with Gasteiger partial charge in [-0.1, -0.05) is 13.3 Å². The number of carbonyl (C=O) groups is 1. The Hall–Kier alpha value is -1.59. The molecule has 1 heterocycles. The fraction of sp³-hybridized carbons (Fsp3) is 0.632. The average molecular weight is 334 g/mol. The van der Waals surface area contributed by atoms with E-state index in [0.717, 1.165) is 12.2 Å². The number of hydrogen-bond donors (Lipinski definition) is 2. The summed E-state index contributed by atoms with van der Waals surface area (Å²) in [6, 6.07) is 7.70. The summed E-state index contributed by atoms with van der Waals surface area (Å²) in [4.78, 5) is 13.4. The van der Waals surface area contributed by atoms with E-state index in [0.29, 0.717) is 24.3 Å². The van der Waals surface area contributed by atoms with E-state index >= 15 is 0 Å². The van der Waals surface area contributed by atoms with Gasteiger partial charge in [0.15, 0.2) is 0 Å². The molecule has 2 N–H and O–H groups in total. The molecule has 1 aromatic carbocycles. The van der Waals surface area contributed by atoms with Crippen LogP contribution in [0.4, 0.5) is 5.69 Å². The largest absolute Gasteiger partial charge is 0.491 e. The topological polar surface area (TPSA) is 61.8 Å². The number of hydrogen-bond acceptors (Lipinski definition) is 4. The fourth-order valence-corrected chi connectivity index (χ4v) is 3.22. The second-order valence-electron chi connectivity index (χ2n) is 7.01. The SMILES string of the molecule is CC(=O)Nc1ccc(OCC(O)CN2CC(C)CCCC2C)cc1. The third kappa shape index (κ3) is 6.13. The number of rotatable bonds is 6. The maximum atomic E-state index is 11.0. The molecule has 134 valence electrons. The molecule has 3 unspecified atom stereocenters. The van der Waals surface area contributed by atoms with E-state index in [2.05, 4.69) is 24.1 Å². The van der Waals surface area contributed by atoms with Gasteiger partial charge in [0.1, 0.15) is 18.5 Å². The summed E-state index contributed by atoms with van der Waals surface area (Å²) in [5, 5.41) is 13.0. The highest BCUT2D eigenvalue weighted by molar-refractivity contribution is 5.88. The predicted molar refractivity (Wildman–Crippen MR) is 96.3 cm³/mol. The van der Waals surface area contributed by atoms with Crippen molar-refractivity contribution in [3.63, 3.8) is 0 Å². The van der Waals surface area contributed by atoms with Gasteiger partial charge in [0.05, 0.1) is 0 Å². The molecule has 0 aromatic heterocycles. The van der Waals surface area contributed by atoms with Crippen molar-refractivity contribution in [2.45, 2.75) is 52.2 Å². The Morgan fingerprint density at radius 2 is 2.04 bits per heavy atom. The van der Waals surface area contributed by atoms with Crippen LogP contribution in [-0.4, -0.2) is 47.8 Å². The zero-order valence-corrected chi connectivity index (χ0v) is 15.0. The quantitative estimate of drug-likeness (QED) is 0.840. The number of carbonyl (C=O) groups excluding carboxylic acids is 1. The first-order chi connectivity index (χ1) is 11.4. The first-order valence-electron chi connectivity index (χ1n) is 8.86. The number of amides is 1. The van der Waals surface area contributed by atoms with E-state index in [1.54, 1.807) is 24.3 Å². The molecule has 3 atom stereocenters. The van der Waals surface area contributed by atoms with Crippen molar-refractivity contribution in [2.24, 2.45) is 5.92 Å². The molecule has 1 aliphatic heterocycles. The molecule has 0 aliphatic carbocycles. The number of aliphatic hydroxyl groups excluding tert-OH is 1. The Kier molecular flexibility index (Phi) is 7.06. The van der Waals surface area contributed by atoms with Gasteiger partial charge >= 0.3 is 0 Å². The average Bonchev–Trinajstić information content (AvgIpc) is 2.67. The zero-order chi connectivity index (χ0) is 17.5. The van der Waals surface area contributed by atoms with Crippen molar-refractivity contribution < 1.29 is 14.6 Å². The second-order valence-corrected chi connectivity index (χ2v) is 7.01. The lowest BCUT2D eigenvalue weighted by Crippen LogP contribution is -2.42. The van der Waals surface area contributed by atoms with Crippen molar-refractivity contribution in [2.75, 3.05) is 25.0 Å². The van der Waals surface area contributed by atoms with Crippen LogP contribution in [0.15, 0.2) is 24.3 Å². The van der Waals surface area contributed by atoms with E-state index in [1.165, 1.54) is 26.2 Å². The first-order valence-corrected chi connectivity index (χ1v) is 8.86. The number of ether oxygens (including phenoxy) is 1. The van der Waals surface area contributed by atoms with Gasteiger partial charge in [0, 0.05) is 31.7 Å². The minimum Gasteiger partial charge on any atom is -0.491 e. The molecule has 0 bridgehead atoms. The number of β-amino-alcohol motifs (C(OH)–C–C–N with tert-alkyl or cyclic N) is 1. The molecular weight excluding hydrogens is 304 g/mol. The van der Waals surface area contributed by atoms with Crippen LogP contribution in [0.25, 0.3) is 0 Å². The molecule has 1 fully saturated rings. The van der Waals surface area contributed by atoms with Crippen LogP contribution in [0.2, 0.25) is 0 Å². The molecule has 1 amide bonds. The summed E-state index contributed by atoms with van der Waals surface area (Å²) < 4.78 is 5.67. The summed E-state index contributed by atoms with van der Waals surface area (Å²) in [7, 11) is 0. The van der Waals surface area contributed by atoms with Crippen LogP contribution >= 0.6 is 0 Å². The Morgan fingerprint density at radius 3 is 2.71 bits per heavy atom. The first kappa shape index (κ1) is 18.7. The summed E-state index contributed by atoms with van der Waals surface area (Å²) in [5.41, 5.74) is 0.739. The number of likely N-dealkylation sites (tertiary alicyclic amines) is 1. The second kappa shape index (κ2) is 9.04. The molecule has 2 rings (SSSR count). The normalized spacial score (nSPS) is 23.3. The minimum absolute atomic E-state index is 0.0973. The third-order valence-electron chi connectivity index (χ3n) is 4.55. The van der Waals surface area contributed by atoms with E-state index < -0.39 is 6.10 Å². The van der Waals surface area contributed by atoms with Crippen LogP contribution in [0, 0.1) is 5.92 Å². The number of anilines is 1. The molecule has 5 nitrogen and oxygen atoms in total. The van der Waals surface area contributed by atoms with Gasteiger partial charge in [0.25, 0.3) is 0 Å². The number of aliphatic hydroxyl groups is 1. The maximum absolute atomic E-state index is 11.0. The van der Waals surface area contributed by atoms with Crippen LogP contribution in [0.1, 0.15) is 40.0 Å². The monoisotopic (exact) mass is 334 g/mol. The summed E-state index contributed by atoms with van der Waals surface area (Å²) in [5.74, 6) is 1.28. The van der Waals surface area contributed by atoms with E-state index in [-0.39, 0.29) is 12.5 Å². The van der Waals surface area contributed by atoms with E-state index in [1.807, 2.05) is 0 Å². The smallest absolute Gasteiger partial charge is 0.221 e. The summed E-state index contributed by atoms with van der Waals surface area (Å²) in [6.45, 7) is 7.97. The summed E-state index contributed by atoms with van der Waals surface area (Å²) >= 11 is 0. The highest BCUT2D eigenvalue weighted by Gasteiger charge is 2.23. The molecule has 0 saturated carbocycles. The zero-order valence-electron chi connectivity index (χ0n) is 15.0. The lowest BCUT2D eigenvalue weighted by molar-refractivity contribution is -0.114. The fourth-order valence-electron chi connectivity index (χ4n) is 3.22. The predicted octanol–water partition coefficient (Wildman–Crippen LogP) is 2.90. The van der Waals surface area contributed by atoms with Crippen molar-refractivity contribution in [1.82, 2.24) is 4.90 Å². The maximum Gasteiger partial charge on any atom is 0.221 e. The Morgan fingerprint density at radius 1 is 1.33 bits per heavy atom. The van der Waals surface area contributed by atoms with Crippen molar-refractivity contribution in [3.05, 3.63) is 24.3 Å². The van der Waals surface area contributed by atoms with Gasteiger partial charge in [-0.3, -0.25) is 9.69 Å². The van der Waals surface area contributed by atoms with Gasteiger partial charge in [0.2, 0.25) is 5.91 Å². The lowest BCUT2D eigenvalue weighted by Gasteiger charge is -2.30. The molecule has 1 saturated heterocycles. The standard InChI is InChI=1S/C19H30N2O3/c1-14-5-4-6-15(2)21(11-14)12-18(23)13-24-19-9-7-17(8-10-19)20-16(3)22/h7-10,14-15,18,23H,4-6,11-13H2,1-3H3,(H,20,22). The van der Waals surface area contributed by atoms with E-state index in [4.69, 9.17) is 4.74 Å². The van der Waals surface area contributed by atoms with Crippen molar-refractivity contribution >= 4 is 11.6 Å². The van der Waals surface area contributed by atoms with E-state index in [9.17, 15) is 9.90 Å². The third-order valence-corrected chi connectivity index (χ3v) is 4.55. The van der Waals surface area contributed by atoms with Crippen molar-refractivity contribution in [3.8, 4) is 5.75 Å². The van der Waals surface area contributed by atoms with Gasteiger partial charge in [-0.15, -0.1) is 0 Å². The molecule has 1 aromatic rings. The minimum atomic E-state index is -0.507. The lowest BCUT2D eigenvalue weighted by atomic mass is 10.1. The van der Waals surface area contributed by atoms with Crippen LogP contribution in [-0.2, 0) is 4.79 Å². The van der Waals surface area contributed by atoms with Gasteiger partial charge in [-0.05, 0) is 49.9 Å². The molecule has 5 heteroatoms. The Bertz CT molecular complexity index is 518. The highest BCUT2D eigenvalue weighted by atomic mass is 16.5. The van der Waals surface area contributed by atoms with Crippen molar-refractivity contribution in [1.29, 1.82) is 0 Å². The van der Waals surface area contributed by atoms with Crippen LogP contribution in [0.5, 0.6) is 5.75 Å². The Labute approximate surface area is 145 Å². The van der Waals surface area contributed by atoms with Gasteiger partial charge in [-0.2, -0.15) is 0 Å². The van der Waals surface area contributed by atoms with Gasteiger partial charge in [-0.25, -0.2) is 0 Å². The molecular formula is C19H30N2O3. The number of nitrogens with one attached hydrogen (secondary N) is 1. The number of benzene rings is 1. The molecule has 24 heavy (non-hydrogen) atoms. The van der Waals surface area contributed by atoms with Gasteiger partial charge < -0.3 is 15.2 Å².